The lowest BCUT2D eigenvalue weighted by Gasteiger charge is -2.17. The van der Waals surface area contributed by atoms with Crippen LogP contribution in [0, 0.1) is 0 Å². The first-order chi connectivity index (χ1) is 6.27. The van der Waals surface area contributed by atoms with Crippen LogP contribution in [0.15, 0.2) is 12.3 Å². The molecule has 0 saturated carbocycles. The molecule has 0 radical (unpaired) electrons. The molecule has 2 heterocycles. The molecule has 70 valence electrons. The predicted octanol–water partition coefficient (Wildman–Crippen LogP) is 2.53. The van der Waals surface area contributed by atoms with Crippen LogP contribution in [0.5, 0.6) is 5.75 Å². The van der Waals surface area contributed by atoms with E-state index in [0.29, 0.717) is 5.92 Å². The number of hydrogen-bond acceptors (Lipinski definition) is 2. The van der Waals surface area contributed by atoms with E-state index in [4.69, 9.17) is 4.74 Å². The first-order valence-corrected chi connectivity index (χ1v) is 4.89. The fourth-order valence-electron chi connectivity index (χ4n) is 1.54. The van der Waals surface area contributed by atoms with Crippen molar-refractivity contribution in [3.8, 4) is 5.75 Å². The number of rotatable bonds is 1. The van der Waals surface area contributed by atoms with E-state index >= 15 is 0 Å². The predicted molar refractivity (Wildman–Crippen MR) is 52.1 cm³/mol. The molecule has 0 unspecified atom stereocenters. The molecule has 1 aromatic heterocycles. The average Bonchev–Trinajstić information content (AvgIpc) is 2.17. The molecule has 0 spiro atoms. The van der Waals surface area contributed by atoms with Crippen molar-refractivity contribution in [1.29, 1.82) is 0 Å². The highest BCUT2D eigenvalue weighted by molar-refractivity contribution is 5.34. The Morgan fingerprint density at radius 1 is 1.46 bits per heavy atom. The molecule has 13 heavy (non-hydrogen) atoms. The average molecular weight is 177 g/mol. The van der Waals surface area contributed by atoms with Gasteiger partial charge in [0.1, 0.15) is 5.75 Å². The van der Waals surface area contributed by atoms with Gasteiger partial charge in [0.05, 0.1) is 12.3 Å². The lowest BCUT2D eigenvalue weighted by atomic mass is 10.0. The van der Waals surface area contributed by atoms with Crippen LogP contribution in [0.4, 0.5) is 0 Å². The van der Waals surface area contributed by atoms with Gasteiger partial charge in [-0.15, -0.1) is 0 Å². The largest absolute Gasteiger partial charge is 0.492 e. The zero-order valence-electron chi connectivity index (χ0n) is 8.21. The van der Waals surface area contributed by atoms with E-state index in [9.17, 15) is 0 Å². The Bertz CT molecular complexity index is 307. The number of ether oxygens (including phenoxy) is 1. The van der Waals surface area contributed by atoms with Gasteiger partial charge in [-0.05, 0) is 30.4 Å². The van der Waals surface area contributed by atoms with Crippen LogP contribution < -0.4 is 4.74 Å². The van der Waals surface area contributed by atoms with Gasteiger partial charge in [0.15, 0.2) is 0 Å². The molecule has 2 rings (SSSR count). The molecule has 2 nitrogen and oxygen atoms in total. The van der Waals surface area contributed by atoms with Crippen LogP contribution >= 0.6 is 0 Å². The Morgan fingerprint density at radius 3 is 3.08 bits per heavy atom. The maximum absolute atomic E-state index is 5.55. The van der Waals surface area contributed by atoms with E-state index < -0.39 is 0 Å². The lowest BCUT2D eigenvalue weighted by Crippen LogP contribution is -2.10. The maximum atomic E-state index is 5.55. The summed E-state index contributed by atoms with van der Waals surface area (Å²) >= 11 is 0. The Hall–Kier alpha value is -1.05. The summed E-state index contributed by atoms with van der Waals surface area (Å²) in [6.07, 6.45) is 4.13. The second kappa shape index (κ2) is 3.36. The SMILES string of the molecule is CC(C)c1cnc2c(c1)OCCC2. The van der Waals surface area contributed by atoms with Gasteiger partial charge in [0.25, 0.3) is 0 Å². The summed E-state index contributed by atoms with van der Waals surface area (Å²) in [5.74, 6) is 1.53. The highest BCUT2D eigenvalue weighted by Gasteiger charge is 2.12. The van der Waals surface area contributed by atoms with Gasteiger partial charge in [-0.3, -0.25) is 4.98 Å². The summed E-state index contributed by atoms with van der Waals surface area (Å²) in [5, 5.41) is 0. The second-order valence-electron chi connectivity index (χ2n) is 3.82. The summed E-state index contributed by atoms with van der Waals surface area (Å²) in [5.41, 5.74) is 2.39. The molecule has 0 aliphatic carbocycles. The second-order valence-corrected chi connectivity index (χ2v) is 3.82. The Morgan fingerprint density at radius 2 is 2.31 bits per heavy atom. The van der Waals surface area contributed by atoms with Crippen LogP contribution in [0.25, 0.3) is 0 Å². The van der Waals surface area contributed by atoms with Crippen LogP contribution in [-0.4, -0.2) is 11.6 Å². The standard InChI is InChI=1S/C11H15NO/c1-8(2)9-6-11-10(12-7-9)4-3-5-13-11/h6-8H,3-5H2,1-2H3. The smallest absolute Gasteiger partial charge is 0.141 e. The van der Waals surface area contributed by atoms with Gasteiger partial charge >= 0.3 is 0 Å². The van der Waals surface area contributed by atoms with Crippen molar-refractivity contribution < 1.29 is 4.74 Å². The molecule has 0 N–H and O–H groups in total. The van der Waals surface area contributed by atoms with E-state index in [0.717, 1.165) is 30.9 Å². The van der Waals surface area contributed by atoms with Gasteiger partial charge in [0, 0.05) is 6.20 Å². The Labute approximate surface area is 78.9 Å². The van der Waals surface area contributed by atoms with Crippen molar-refractivity contribution in [2.45, 2.75) is 32.6 Å². The first-order valence-electron chi connectivity index (χ1n) is 4.89. The molecule has 1 aromatic rings. The molecule has 2 heteroatoms. The first kappa shape index (κ1) is 8.54. The van der Waals surface area contributed by atoms with Crippen LogP contribution in [0.3, 0.4) is 0 Å². The third kappa shape index (κ3) is 1.67. The Kier molecular flexibility index (Phi) is 2.21. The molecular weight excluding hydrogens is 162 g/mol. The zero-order chi connectivity index (χ0) is 9.26. The van der Waals surface area contributed by atoms with Crippen LogP contribution in [0.1, 0.15) is 37.4 Å². The third-order valence-corrected chi connectivity index (χ3v) is 2.43. The third-order valence-electron chi connectivity index (χ3n) is 2.43. The minimum Gasteiger partial charge on any atom is -0.492 e. The molecule has 1 aliphatic rings. The van der Waals surface area contributed by atoms with Gasteiger partial charge in [-0.1, -0.05) is 13.8 Å². The summed E-state index contributed by atoms with van der Waals surface area (Å²) in [6.45, 7) is 5.19. The van der Waals surface area contributed by atoms with E-state index in [2.05, 4.69) is 24.9 Å². The van der Waals surface area contributed by atoms with Gasteiger partial charge in [-0.25, -0.2) is 0 Å². The van der Waals surface area contributed by atoms with Crippen molar-refractivity contribution in [2.75, 3.05) is 6.61 Å². The van der Waals surface area contributed by atoms with Crippen molar-refractivity contribution in [2.24, 2.45) is 0 Å². The maximum Gasteiger partial charge on any atom is 0.141 e. The number of fused-ring (bicyclic) bond motifs is 1. The molecule has 0 atom stereocenters. The number of hydrogen-bond donors (Lipinski definition) is 0. The topological polar surface area (TPSA) is 22.1 Å². The Balaban J connectivity index is 2.35. The molecule has 0 saturated heterocycles. The summed E-state index contributed by atoms with van der Waals surface area (Å²) in [4.78, 5) is 4.42. The summed E-state index contributed by atoms with van der Waals surface area (Å²) in [7, 11) is 0. The highest BCUT2D eigenvalue weighted by Crippen LogP contribution is 2.26. The van der Waals surface area contributed by atoms with Crippen molar-refractivity contribution >= 4 is 0 Å². The molecular formula is C11H15NO. The van der Waals surface area contributed by atoms with Crippen molar-refractivity contribution in [1.82, 2.24) is 4.98 Å². The monoisotopic (exact) mass is 177 g/mol. The van der Waals surface area contributed by atoms with Gasteiger partial charge in [-0.2, -0.15) is 0 Å². The summed E-state index contributed by atoms with van der Waals surface area (Å²) < 4.78 is 5.55. The lowest BCUT2D eigenvalue weighted by molar-refractivity contribution is 0.284. The van der Waals surface area contributed by atoms with E-state index in [1.807, 2.05) is 6.20 Å². The zero-order valence-corrected chi connectivity index (χ0v) is 8.21. The van der Waals surface area contributed by atoms with E-state index in [1.165, 1.54) is 5.56 Å². The fraction of sp³-hybridized carbons (Fsp3) is 0.545. The molecule has 0 aromatic carbocycles. The quantitative estimate of drug-likeness (QED) is 0.657. The van der Waals surface area contributed by atoms with Crippen LogP contribution in [-0.2, 0) is 6.42 Å². The minimum absolute atomic E-state index is 0.531. The number of aryl methyl sites for hydroxylation is 1. The van der Waals surface area contributed by atoms with Crippen LogP contribution in [0.2, 0.25) is 0 Å². The van der Waals surface area contributed by atoms with E-state index in [-0.39, 0.29) is 0 Å². The molecule has 0 bridgehead atoms. The number of pyridine rings is 1. The molecule has 0 amide bonds. The number of nitrogens with zero attached hydrogens (tertiary/aromatic N) is 1. The number of aromatic nitrogens is 1. The van der Waals surface area contributed by atoms with Gasteiger partial charge in [0.2, 0.25) is 0 Å². The molecule has 1 aliphatic heterocycles. The van der Waals surface area contributed by atoms with Crippen molar-refractivity contribution in [3.63, 3.8) is 0 Å². The highest BCUT2D eigenvalue weighted by atomic mass is 16.5. The minimum atomic E-state index is 0.531. The van der Waals surface area contributed by atoms with Crippen molar-refractivity contribution in [3.05, 3.63) is 23.5 Å². The fourth-order valence-corrected chi connectivity index (χ4v) is 1.54. The van der Waals surface area contributed by atoms with E-state index in [1.54, 1.807) is 0 Å². The van der Waals surface area contributed by atoms with Gasteiger partial charge < -0.3 is 4.74 Å². The molecule has 0 fully saturated rings. The normalized spacial score (nSPS) is 15.3. The summed E-state index contributed by atoms with van der Waals surface area (Å²) in [6, 6.07) is 2.13.